The maximum Gasteiger partial charge on any atom is 0.255 e. The molecular formula is C100H112N16O16. The van der Waals surface area contributed by atoms with Gasteiger partial charge in [-0.15, -0.1) is 0 Å². The Morgan fingerprint density at radius 3 is 0.947 bits per heavy atom. The number of carbonyl (C=O) groups excluding carboxylic acids is 12. The lowest BCUT2D eigenvalue weighted by Gasteiger charge is -2.29. The lowest BCUT2D eigenvalue weighted by Crippen LogP contribution is -2.52. The zero-order valence-electron chi connectivity index (χ0n) is 159. The summed E-state index contributed by atoms with van der Waals surface area (Å²) in [4.78, 5) is 152. The fourth-order valence-electron chi connectivity index (χ4n) is 11.6. The van der Waals surface area contributed by atoms with Crippen molar-refractivity contribution in [3.63, 3.8) is 0 Å². The Hall–Kier alpha value is -12.9. The standard InChI is InChI=1S/4C25H28N4O4/c4*30-23-8-7-22(24(31)27-23)29-16-20-19(25(29)32)5-2-6-21(20)26-14-17-3-1-4-18(13-17)15-28-9-11-33-12-10-28/h4*1-6,13,22,26H,7-12,14-16H2,(H,27,30,31)/i1D,2D,3D,4D,5D,6D,7D2,8D2,9D2,10D2,11D2,12D2,13D,14D2,15D2,16D2,22D;1D,2D,3D,4D,5D,6D,7D2,8D2,9D2,10D2,11D2,12D2,13D,14D2,15D2,16D2;1D,2D,3D,4D,5D,6D,9D2,10D2,11D2,12D2,13D,14D2,15D2,16D2,22D;1D,2D,3D,4D,5D,6D,9D2,10D2,11D2,12D2,13D,14D2,15D2,16D2. The number of piperidine rings is 4. The predicted molar refractivity (Wildman–Crippen MR) is 489 cm³/mol. The number of rotatable bonds is 24. The number of amides is 12. The number of hydrogen-bond acceptors (Lipinski definition) is 24. The quantitative estimate of drug-likeness (QED) is 0.0270. The van der Waals surface area contributed by atoms with Gasteiger partial charge in [-0.2, -0.15) is 0 Å². The third-order valence-electron chi connectivity index (χ3n) is 17.3. The monoisotopic (exact) mass is 1890 g/mol. The van der Waals surface area contributed by atoms with E-state index in [1.165, 1.54) is 10.6 Å². The van der Waals surface area contributed by atoms with Gasteiger partial charge >= 0.3 is 0 Å². The molecule has 0 bridgehead atoms. The van der Waals surface area contributed by atoms with Crippen molar-refractivity contribution >= 4 is 93.6 Å². The van der Waals surface area contributed by atoms with E-state index in [0.29, 0.717) is 4.90 Å². The number of fused-ring (bicyclic) bond motifs is 4. The number of imide groups is 4. The van der Waals surface area contributed by atoms with E-state index in [1.807, 2.05) is 26.6 Å². The highest BCUT2D eigenvalue weighted by atomic mass is 16.5. The van der Waals surface area contributed by atoms with Gasteiger partial charge in [-0.05, 0) is 118 Å². The van der Waals surface area contributed by atoms with Crippen LogP contribution in [0, 0.1) is 0 Å². The summed E-state index contributed by atoms with van der Waals surface area (Å²) < 4.78 is 809. The van der Waals surface area contributed by atoms with E-state index in [2.05, 4.69) is 18.9 Å². The van der Waals surface area contributed by atoms with E-state index < -0.39 is 621 Å². The van der Waals surface area contributed by atoms with Gasteiger partial charge in [0.25, 0.3) is 23.6 Å². The van der Waals surface area contributed by atoms with Crippen LogP contribution in [-0.2, 0) is 135 Å². The average molecular weight is 1890 g/mol. The number of morpholine rings is 4. The highest BCUT2D eigenvalue weighted by Crippen LogP contribution is 2.38. The first-order valence-electron chi connectivity index (χ1n) is 83.6. The van der Waals surface area contributed by atoms with Crippen molar-refractivity contribution in [3.05, 3.63) is 258 Å². The second-order valence-corrected chi connectivity index (χ2v) is 25.6. The lowest BCUT2D eigenvalue weighted by atomic mass is 10.0. The second-order valence-electron chi connectivity index (χ2n) is 25.6. The van der Waals surface area contributed by atoms with Crippen LogP contribution in [0.15, 0.2) is 169 Å². The average Bonchev–Trinajstić information content (AvgIpc) is 1.36. The van der Waals surface area contributed by atoms with Gasteiger partial charge in [-0.25, -0.2) is 0 Å². The topological polar surface area (TPSA) is 364 Å². The molecule has 4 unspecified atom stereocenters. The molecule has 20 rings (SSSR count). The molecule has 8 aromatic rings. The Labute approximate surface area is 898 Å². The summed E-state index contributed by atoms with van der Waals surface area (Å²) in [5.74, 6) is -18.4. The van der Waals surface area contributed by atoms with Gasteiger partial charge in [0.05, 0.1) is 137 Å². The summed E-state index contributed by atoms with van der Waals surface area (Å²) in [6.45, 7) is -108. The van der Waals surface area contributed by atoms with E-state index in [4.69, 9.17) is 129 Å². The second kappa shape index (κ2) is 42.5. The van der Waals surface area contributed by atoms with Gasteiger partial charge in [0.1, 0.15) is 24.1 Å². The molecule has 0 aliphatic carbocycles. The number of ether oxygens (including phenoxy) is 4. The highest BCUT2D eigenvalue weighted by molar-refractivity contribution is 6.09. The minimum Gasteiger partial charge on any atom is -0.381 e. The maximum atomic E-state index is 14.0. The summed E-state index contributed by atoms with van der Waals surface area (Å²) in [7, 11) is 0. The Bertz CT molecular complexity index is 10800. The zero-order valence-corrected chi connectivity index (χ0v) is 65.1. The molecule has 12 aliphatic rings. The van der Waals surface area contributed by atoms with Crippen LogP contribution in [0.4, 0.5) is 22.7 Å². The Kier molecular flexibility index (Phi) is 10.2. The molecule has 132 heavy (non-hydrogen) atoms. The number of benzene rings is 8. The van der Waals surface area contributed by atoms with Gasteiger partial charge < -0.3 is 59.8 Å². The number of nitrogens with one attached hydrogen (secondary N) is 8. The molecule has 12 aliphatic heterocycles. The molecule has 32 heteroatoms. The third-order valence-corrected chi connectivity index (χ3v) is 17.3. The molecule has 688 valence electrons. The van der Waals surface area contributed by atoms with Crippen LogP contribution < -0.4 is 42.5 Å². The molecule has 12 amide bonds. The van der Waals surface area contributed by atoms with E-state index >= 15 is 0 Å². The molecule has 8 aromatic carbocycles. The lowest BCUT2D eigenvalue weighted by molar-refractivity contribution is -0.138. The van der Waals surface area contributed by atoms with Crippen molar-refractivity contribution in [2.45, 2.75) is 153 Å². The normalized spacial score (nSPS) is 42.7. The SMILES string of the molecule is [2H]c1c([2H])c(NC([2H])([2H])c2c([2H])c([2H])c([2H])c(C([2H])([2H])N3C([2H])([2H])C([2H])([2H])OC([2H])([2H])C3([2H])[2H])c2[2H])c2c(c1[2H])C(=O)N(C1([2H])C(=O)NC(=O)C([2H])([2H])C1([2H])[2H])C2([2H])[2H].[2H]c1c([2H])c(NC([2H])([2H])c2c([2H])c([2H])c([2H])c(C([2H])([2H])N3C([2H])([2H])C([2H])([2H])OC([2H])([2H])C3([2H])[2H])c2[2H])c2c(c1[2H])C(=O)N(C1([2H])CCC(=O)NC1=O)C2([2H])[2H].[2H]c1c([2H])c(NC([2H])([2H])c2c([2H])c([2H])c([2H])c(C([2H])([2H])N3C([2H])([2H])C([2H])([2H])OC([2H])([2H])C3([2H])[2H])c2[2H])c2c(c1[2H])C(=O)N(C1C(=O)NC(=O)C([2H])([2H])C1([2H])[2H])C2([2H])[2H].[2H]c1c([2H])c(NC([2H])([2H])c2c([2H])c([2H])c([2H])c(C([2H])([2H])N3C([2H])([2H])C([2H])([2H])OC([2H])([2H])C3([2H])[2H])c2[2H])c2c(c1[2H])C(=O)N(C1CCC(=O)NC1=O)C2([2H])[2H]. The van der Waals surface area contributed by atoms with Gasteiger partial charge in [-0.3, -0.25) is 98.4 Å². The van der Waals surface area contributed by atoms with Crippen molar-refractivity contribution in [1.29, 1.82) is 0 Å². The molecule has 8 N–H and O–H groups in total. The van der Waals surface area contributed by atoms with Gasteiger partial charge in [0.2, 0.25) is 47.3 Å². The summed E-state index contributed by atoms with van der Waals surface area (Å²) in [5.41, 5.74) is -26.3. The molecule has 4 atom stereocenters. The molecule has 12 heterocycles. The number of hydrogen-bond donors (Lipinski definition) is 8. The Morgan fingerprint density at radius 1 is 0.318 bits per heavy atom. The summed E-state index contributed by atoms with van der Waals surface area (Å²) in [6, 6.07) is -49.5. The van der Waals surface area contributed by atoms with E-state index in [9.17, 15) is 57.5 Å². The molecule has 0 spiro atoms. The van der Waals surface area contributed by atoms with E-state index in [1.54, 1.807) is 5.32 Å². The number of anilines is 4. The molecular weight excluding hydrogens is 1680 g/mol. The van der Waals surface area contributed by atoms with Crippen molar-refractivity contribution in [2.75, 3.05) is 126 Å². The van der Waals surface area contributed by atoms with Crippen LogP contribution in [0.5, 0.6) is 0 Å². The van der Waals surface area contributed by atoms with Crippen LogP contribution in [0.3, 0.4) is 0 Å². The third kappa shape index (κ3) is 22.1. The Morgan fingerprint density at radius 2 is 0.591 bits per heavy atom. The molecule has 32 nitrogen and oxygen atoms in total. The number of carbonyl (C=O) groups is 12. The summed E-state index contributed by atoms with van der Waals surface area (Å²) in [5, 5.41) is 14.2. The number of nitrogens with zero attached hydrogens (tertiary/aromatic N) is 8. The van der Waals surface area contributed by atoms with Crippen molar-refractivity contribution < 1.29 is 205 Å². The fourth-order valence-corrected chi connectivity index (χ4v) is 11.6. The molecule has 0 saturated carbocycles. The molecule has 8 fully saturated rings. The Balaban J connectivity index is 0.000000192. The predicted octanol–water partition coefficient (Wildman–Crippen LogP) is 7.57. The van der Waals surface area contributed by atoms with Gasteiger partial charge in [-0.1, -0.05) is 121 Å². The largest absolute Gasteiger partial charge is 0.381 e. The van der Waals surface area contributed by atoms with E-state index in [-0.39, 0.29) is 22.6 Å². The first kappa shape index (κ1) is 31.6. The van der Waals surface area contributed by atoms with Gasteiger partial charge in [0, 0.05) is 267 Å². The van der Waals surface area contributed by atoms with Crippen molar-refractivity contribution in [2.24, 2.45) is 0 Å². The van der Waals surface area contributed by atoms with E-state index in [0.717, 1.165) is 0 Å². The highest BCUT2D eigenvalue weighted by Gasteiger charge is 2.45. The minimum absolute atomic E-state index is 0.0287. The zero-order chi connectivity index (χ0) is 175. The van der Waals surface area contributed by atoms with Crippen LogP contribution in [0.1, 0.15) is 288 Å². The molecule has 0 aromatic heterocycles. The summed E-state index contributed by atoms with van der Waals surface area (Å²) in [6.07, 6.45) is -17.3. The first-order valence-corrected chi connectivity index (χ1v) is 36.6. The maximum absolute atomic E-state index is 14.0. The van der Waals surface area contributed by atoms with Gasteiger partial charge in [0.15, 0.2) is 0 Å². The first-order chi connectivity index (χ1) is 101. The van der Waals surface area contributed by atoms with Crippen molar-refractivity contribution in [3.8, 4) is 0 Å². The molecule has 0 radical (unpaired) electrons. The summed E-state index contributed by atoms with van der Waals surface area (Å²) >= 11 is 0. The fraction of sp³-hybridized carbons (Fsp3) is 0.400. The van der Waals surface area contributed by atoms with Crippen LogP contribution in [0.2, 0.25) is 0 Å². The van der Waals surface area contributed by atoms with Crippen LogP contribution in [0.25, 0.3) is 0 Å². The minimum atomic E-state index is -4.14. The van der Waals surface area contributed by atoms with Crippen LogP contribution in [-0.4, -0.2) is 239 Å². The van der Waals surface area contributed by atoms with Crippen molar-refractivity contribution in [1.82, 2.24) is 60.5 Å². The smallest absolute Gasteiger partial charge is 0.255 e. The van der Waals surface area contributed by atoms with Crippen LogP contribution >= 0.6 is 0 Å². The molecule has 8 saturated heterocycles.